The molecule has 1 fully saturated rings. The van der Waals surface area contributed by atoms with E-state index in [9.17, 15) is 4.39 Å². The van der Waals surface area contributed by atoms with E-state index in [0.29, 0.717) is 16.4 Å². The first-order valence-corrected chi connectivity index (χ1v) is 8.30. The molecule has 1 aromatic rings. The minimum absolute atomic E-state index is 0.185. The smallest absolute Gasteiger partial charge is 0.137 e. The molecule has 1 aliphatic rings. The molecule has 0 spiro atoms. The summed E-state index contributed by atoms with van der Waals surface area (Å²) in [5, 5.41) is 3.32. The van der Waals surface area contributed by atoms with Crippen LogP contribution in [-0.4, -0.2) is 31.6 Å². The Labute approximate surface area is 129 Å². The largest absolute Gasteiger partial charge is 0.319 e. The number of rotatable bonds is 4. The van der Waals surface area contributed by atoms with Crippen molar-refractivity contribution in [2.24, 2.45) is 5.92 Å². The molecule has 0 aromatic heterocycles. The highest BCUT2D eigenvalue weighted by atomic mass is 79.9. The van der Waals surface area contributed by atoms with Gasteiger partial charge in [0.2, 0.25) is 0 Å². The molecule has 1 saturated heterocycles. The summed E-state index contributed by atoms with van der Waals surface area (Å²) >= 11 is 3.32. The van der Waals surface area contributed by atoms with E-state index >= 15 is 0 Å². The highest BCUT2D eigenvalue weighted by molar-refractivity contribution is 9.10. The molecule has 112 valence electrons. The number of benzene rings is 1. The topological polar surface area (TPSA) is 15.3 Å². The first-order chi connectivity index (χ1) is 9.67. The summed E-state index contributed by atoms with van der Waals surface area (Å²) < 4.78 is 14.1. The molecule has 20 heavy (non-hydrogen) atoms. The average molecular weight is 343 g/mol. The van der Waals surface area contributed by atoms with Crippen molar-refractivity contribution >= 4 is 15.9 Å². The Morgan fingerprint density at radius 2 is 2.20 bits per heavy atom. The quantitative estimate of drug-likeness (QED) is 0.890. The fraction of sp³-hybridized carbons (Fsp3) is 0.625. The molecule has 0 saturated carbocycles. The maximum absolute atomic E-state index is 13.5. The van der Waals surface area contributed by atoms with Gasteiger partial charge >= 0.3 is 0 Å². The van der Waals surface area contributed by atoms with Crippen molar-refractivity contribution in [2.75, 3.05) is 26.7 Å². The van der Waals surface area contributed by atoms with Gasteiger partial charge in [0.25, 0.3) is 0 Å². The van der Waals surface area contributed by atoms with Gasteiger partial charge in [0.15, 0.2) is 0 Å². The van der Waals surface area contributed by atoms with Crippen LogP contribution in [0.25, 0.3) is 0 Å². The second-order valence-electron chi connectivity index (χ2n) is 5.56. The molecule has 1 heterocycles. The second-order valence-corrected chi connectivity index (χ2v) is 6.41. The molecule has 2 rings (SSSR count). The van der Waals surface area contributed by atoms with Crippen molar-refractivity contribution < 1.29 is 4.39 Å². The fourth-order valence-electron chi connectivity index (χ4n) is 3.33. The average Bonchev–Trinajstić information content (AvgIpc) is 2.64. The van der Waals surface area contributed by atoms with E-state index in [1.165, 1.54) is 24.8 Å². The Kier molecular flexibility index (Phi) is 6.00. The van der Waals surface area contributed by atoms with Gasteiger partial charge in [-0.3, -0.25) is 4.90 Å². The van der Waals surface area contributed by atoms with Crippen LogP contribution >= 0.6 is 15.9 Å². The minimum Gasteiger partial charge on any atom is -0.319 e. The number of hydrogen-bond donors (Lipinski definition) is 1. The lowest BCUT2D eigenvalue weighted by molar-refractivity contribution is 0.162. The monoisotopic (exact) mass is 342 g/mol. The summed E-state index contributed by atoms with van der Waals surface area (Å²) in [7, 11) is 2.01. The van der Waals surface area contributed by atoms with Crippen LogP contribution in [0.1, 0.15) is 37.8 Å². The maximum Gasteiger partial charge on any atom is 0.137 e. The molecule has 0 aliphatic carbocycles. The van der Waals surface area contributed by atoms with Gasteiger partial charge in [0.1, 0.15) is 5.82 Å². The van der Waals surface area contributed by atoms with E-state index in [4.69, 9.17) is 0 Å². The lowest BCUT2D eigenvalue weighted by Gasteiger charge is -2.35. The molecular weight excluding hydrogens is 319 g/mol. The first kappa shape index (κ1) is 15.9. The van der Waals surface area contributed by atoms with Crippen LogP contribution in [-0.2, 0) is 0 Å². The molecule has 0 bridgehead atoms. The third-order valence-corrected chi connectivity index (χ3v) is 4.88. The molecule has 1 aliphatic heterocycles. The Hall–Kier alpha value is -0.450. The molecule has 1 N–H and O–H groups in total. The molecule has 2 atom stereocenters. The second kappa shape index (κ2) is 7.53. The van der Waals surface area contributed by atoms with E-state index in [-0.39, 0.29) is 5.82 Å². The molecule has 0 amide bonds. The number of nitrogens with zero attached hydrogens (tertiary/aromatic N) is 1. The van der Waals surface area contributed by atoms with Gasteiger partial charge in [0, 0.05) is 6.04 Å². The number of nitrogens with one attached hydrogen (secondary N) is 1. The van der Waals surface area contributed by atoms with Gasteiger partial charge in [-0.15, -0.1) is 0 Å². The van der Waals surface area contributed by atoms with Crippen LogP contribution in [0.2, 0.25) is 0 Å². The SMILES string of the molecule is CCN1CCCCC(CNC)C1c1ccc(F)c(Br)c1. The van der Waals surface area contributed by atoms with E-state index in [1.807, 2.05) is 19.2 Å². The minimum atomic E-state index is -0.185. The van der Waals surface area contributed by atoms with Crippen LogP contribution in [0.15, 0.2) is 22.7 Å². The molecule has 1 aromatic carbocycles. The van der Waals surface area contributed by atoms with Gasteiger partial charge in [-0.05, 0) is 79.1 Å². The van der Waals surface area contributed by atoms with E-state index in [2.05, 4.69) is 33.1 Å². The lowest BCUT2D eigenvalue weighted by Crippen LogP contribution is -2.36. The van der Waals surface area contributed by atoms with Crippen molar-refractivity contribution in [3.8, 4) is 0 Å². The van der Waals surface area contributed by atoms with Gasteiger partial charge < -0.3 is 5.32 Å². The molecular formula is C16H24BrFN2. The third kappa shape index (κ3) is 3.60. The van der Waals surface area contributed by atoms with E-state index < -0.39 is 0 Å². The molecule has 4 heteroatoms. The Morgan fingerprint density at radius 3 is 2.85 bits per heavy atom. The summed E-state index contributed by atoms with van der Waals surface area (Å²) in [4.78, 5) is 2.54. The number of hydrogen-bond acceptors (Lipinski definition) is 2. The van der Waals surface area contributed by atoms with Crippen LogP contribution in [0.4, 0.5) is 4.39 Å². The molecule has 2 unspecified atom stereocenters. The zero-order valence-electron chi connectivity index (χ0n) is 12.3. The third-order valence-electron chi connectivity index (χ3n) is 4.27. The lowest BCUT2D eigenvalue weighted by atomic mass is 9.89. The predicted molar refractivity (Wildman–Crippen MR) is 85.4 cm³/mol. The Morgan fingerprint density at radius 1 is 1.40 bits per heavy atom. The van der Waals surface area contributed by atoms with Gasteiger partial charge in [-0.1, -0.05) is 19.4 Å². The zero-order valence-corrected chi connectivity index (χ0v) is 13.9. The van der Waals surface area contributed by atoms with Crippen LogP contribution in [0.5, 0.6) is 0 Å². The molecule has 2 nitrogen and oxygen atoms in total. The fourth-order valence-corrected chi connectivity index (χ4v) is 3.72. The zero-order chi connectivity index (χ0) is 14.5. The predicted octanol–water partition coefficient (Wildman–Crippen LogP) is 3.97. The summed E-state index contributed by atoms with van der Waals surface area (Å²) in [6.45, 7) is 5.40. The Balaban J connectivity index is 2.34. The first-order valence-electron chi connectivity index (χ1n) is 7.51. The van der Waals surface area contributed by atoms with E-state index in [1.54, 1.807) is 6.07 Å². The van der Waals surface area contributed by atoms with Gasteiger partial charge in [-0.25, -0.2) is 4.39 Å². The van der Waals surface area contributed by atoms with Crippen LogP contribution in [0, 0.1) is 11.7 Å². The maximum atomic E-state index is 13.5. The van der Waals surface area contributed by atoms with Crippen molar-refractivity contribution in [1.82, 2.24) is 10.2 Å². The standard InChI is InChI=1S/C16H24BrFN2/c1-3-20-9-5-4-6-13(11-19-2)16(20)12-7-8-15(18)14(17)10-12/h7-8,10,13,16,19H,3-6,9,11H2,1-2H3. The van der Waals surface area contributed by atoms with Crippen LogP contribution < -0.4 is 5.32 Å². The van der Waals surface area contributed by atoms with Crippen molar-refractivity contribution in [3.63, 3.8) is 0 Å². The highest BCUT2D eigenvalue weighted by Gasteiger charge is 2.30. The summed E-state index contributed by atoms with van der Waals surface area (Å²) in [6.07, 6.45) is 3.77. The normalized spacial score (nSPS) is 24.6. The Bertz CT molecular complexity index is 438. The number of likely N-dealkylation sites (tertiary alicyclic amines) is 1. The summed E-state index contributed by atoms with van der Waals surface area (Å²) in [5.41, 5.74) is 1.22. The van der Waals surface area contributed by atoms with Crippen LogP contribution in [0.3, 0.4) is 0 Å². The molecule has 0 radical (unpaired) electrons. The van der Waals surface area contributed by atoms with Crippen molar-refractivity contribution in [2.45, 2.75) is 32.2 Å². The van der Waals surface area contributed by atoms with Crippen molar-refractivity contribution in [3.05, 3.63) is 34.1 Å². The highest BCUT2D eigenvalue weighted by Crippen LogP contribution is 2.36. The summed E-state index contributed by atoms with van der Waals surface area (Å²) in [5.74, 6) is 0.399. The van der Waals surface area contributed by atoms with E-state index in [0.717, 1.165) is 19.6 Å². The van der Waals surface area contributed by atoms with Gasteiger partial charge in [-0.2, -0.15) is 0 Å². The summed E-state index contributed by atoms with van der Waals surface area (Å²) in [6, 6.07) is 5.86. The number of halogens is 2. The van der Waals surface area contributed by atoms with Gasteiger partial charge in [0.05, 0.1) is 4.47 Å². The van der Waals surface area contributed by atoms with Crippen molar-refractivity contribution in [1.29, 1.82) is 0 Å².